The summed E-state index contributed by atoms with van der Waals surface area (Å²) in [5, 5.41) is 8.89. The van der Waals surface area contributed by atoms with Gasteiger partial charge in [-0.3, -0.25) is 14.5 Å². The van der Waals surface area contributed by atoms with E-state index in [9.17, 15) is 9.59 Å². The van der Waals surface area contributed by atoms with Gasteiger partial charge >= 0.3 is 5.97 Å². The molecule has 1 amide bonds. The van der Waals surface area contributed by atoms with Crippen LogP contribution in [0.5, 0.6) is 0 Å². The Balaban J connectivity index is 2.72. The summed E-state index contributed by atoms with van der Waals surface area (Å²) >= 11 is 0. The molecule has 0 atom stereocenters. The summed E-state index contributed by atoms with van der Waals surface area (Å²) in [7, 11) is 0. The lowest BCUT2D eigenvalue weighted by Crippen LogP contribution is -2.32. The molecule has 1 aromatic rings. The Labute approximate surface area is 113 Å². The number of carbonyl (C=O) groups is 2. The van der Waals surface area contributed by atoms with Gasteiger partial charge in [-0.2, -0.15) is 0 Å². The Morgan fingerprint density at radius 2 is 1.84 bits per heavy atom. The van der Waals surface area contributed by atoms with Crippen molar-refractivity contribution in [1.29, 1.82) is 0 Å². The highest BCUT2D eigenvalue weighted by Gasteiger charge is 2.12. The second-order valence-corrected chi connectivity index (χ2v) is 5.02. The van der Waals surface area contributed by atoms with Crippen LogP contribution in [0.3, 0.4) is 0 Å². The van der Waals surface area contributed by atoms with Crippen molar-refractivity contribution in [3.63, 3.8) is 0 Å². The van der Waals surface area contributed by atoms with E-state index in [1.807, 2.05) is 18.7 Å². The summed E-state index contributed by atoms with van der Waals surface area (Å²) in [6, 6.07) is 6.92. The van der Waals surface area contributed by atoms with Gasteiger partial charge in [-0.1, -0.05) is 26.0 Å². The highest BCUT2D eigenvalue weighted by molar-refractivity contribution is 5.92. The van der Waals surface area contributed by atoms with Crippen LogP contribution in [0.4, 0.5) is 0 Å². The molecule has 0 unspecified atom stereocenters. The van der Waals surface area contributed by atoms with Gasteiger partial charge in [0, 0.05) is 18.7 Å². The molecular weight excluding hydrogens is 244 g/mol. The minimum atomic E-state index is -0.839. The maximum absolute atomic E-state index is 11.0. The van der Waals surface area contributed by atoms with Crippen LogP contribution < -0.4 is 5.73 Å². The fraction of sp³-hybridized carbons (Fsp3) is 0.429. The minimum Gasteiger partial charge on any atom is -0.480 e. The molecule has 0 saturated heterocycles. The van der Waals surface area contributed by atoms with Crippen molar-refractivity contribution < 1.29 is 14.7 Å². The lowest BCUT2D eigenvalue weighted by molar-refractivity contribution is -0.138. The van der Waals surface area contributed by atoms with Crippen LogP contribution >= 0.6 is 0 Å². The standard InChI is InChI=1S/C14H20N2O3/c1-10(2)7-16(9-13(17)18)8-11-3-5-12(6-4-11)14(15)19/h3-6,10H,7-9H2,1-2H3,(H2,15,19)(H,17,18). The van der Waals surface area contributed by atoms with Gasteiger partial charge in [0.1, 0.15) is 0 Å². The van der Waals surface area contributed by atoms with E-state index >= 15 is 0 Å². The summed E-state index contributed by atoms with van der Waals surface area (Å²) in [5.41, 5.74) is 6.59. The number of carbonyl (C=O) groups excluding carboxylic acids is 1. The monoisotopic (exact) mass is 264 g/mol. The van der Waals surface area contributed by atoms with Gasteiger partial charge in [-0.15, -0.1) is 0 Å². The van der Waals surface area contributed by atoms with Gasteiger partial charge in [0.05, 0.1) is 6.54 Å². The fourth-order valence-corrected chi connectivity index (χ4v) is 1.93. The van der Waals surface area contributed by atoms with Crippen LogP contribution in [0.25, 0.3) is 0 Å². The first-order valence-corrected chi connectivity index (χ1v) is 6.21. The second-order valence-electron chi connectivity index (χ2n) is 5.02. The van der Waals surface area contributed by atoms with Crippen LogP contribution in [-0.4, -0.2) is 35.0 Å². The van der Waals surface area contributed by atoms with Crippen molar-refractivity contribution in [2.75, 3.05) is 13.1 Å². The molecule has 0 aliphatic rings. The number of primary amides is 1. The highest BCUT2D eigenvalue weighted by Crippen LogP contribution is 2.09. The molecule has 19 heavy (non-hydrogen) atoms. The Kier molecular flexibility index (Phi) is 5.51. The fourth-order valence-electron chi connectivity index (χ4n) is 1.93. The molecule has 0 fully saturated rings. The number of rotatable bonds is 7. The maximum Gasteiger partial charge on any atom is 0.317 e. The topological polar surface area (TPSA) is 83.6 Å². The van der Waals surface area contributed by atoms with Gasteiger partial charge in [0.2, 0.25) is 5.91 Å². The Morgan fingerprint density at radius 1 is 1.26 bits per heavy atom. The molecule has 0 spiro atoms. The molecule has 0 aliphatic carbocycles. The van der Waals surface area contributed by atoms with E-state index in [0.717, 1.165) is 5.56 Å². The van der Waals surface area contributed by atoms with Gasteiger partial charge in [-0.05, 0) is 23.6 Å². The summed E-state index contributed by atoms with van der Waals surface area (Å²) in [4.78, 5) is 23.6. The SMILES string of the molecule is CC(C)CN(CC(=O)O)Cc1ccc(C(N)=O)cc1. The third-order valence-electron chi connectivity index (χ3n) is 2.63. The third-order valence-corrected chi connectivity index (χ3v) is 2.63. The predicted molar refractivity (Wildman–Crippen MR) is 72.7 cm³/mol. The smallest absolute Gasteiger partial charge is 0.317 e. The zero-order valence-corrected chi connectivity index (χ0v) is 11.3. The van der Waals surface area contributed by atoms with Crippen LogP contribution in [0.1, 0.15) is 29.8 Å². The third kappa shape index (κ3) is 5.52. The number of nitrogens with zero attached hydrogens (tertiary/aromatic N) is 1. The number of carboxylic acid groups (broad SMARTS) is 1. The van der Waals surface area contributed by atoms with Crippen molar-refractivity contribution >= 4 is 11.9 Å². The summed E-state index contributed by atoms with van der Waals surface area (Å²) < 4.78 is 0. The summed E-state index contributed by atoms with van der Waals surface area (Å²) in [5.74, 6) is -0.908. The number of benzene rings is 1. The van der Waals surface area contributed by atoms with E-state index in [0.29, 0.717) is 24.6 Å². The predicted octanol–water partition coefficient (Wildman–Crippen LogP) is 1.33. The van der Waals surface area contributed by atoms with E-state index in [2.05, 4.69) is 0 Å². The van der Waals surface area contributed by atoms with Crippen LogP contribution in [0.2, 0.25) is 0 Å². The molecule has 0 saturated carbocycles. The molecular formula is C14H20N2O3. The van der Waals surface area contributed by atoms with Gasteiger partial charge < -0.3 is 10.8 Å². The number of hydrogen-bond donors (Lipinski definition) is 2. The van der Waals surface area contributed by atoms with Gasteiger partial charge in [0.15, 0.2) is 0 Å². The summed E-state index contributed by atoms with van der Waals surface area (Å²) in [6.45, 7) is 5.36. The van der Waals surface area contributed by atoms with Crippen molar-refractivity contribution in [2.45, 2.75) is 20.4 Å². The molecule has 1 rings (SSSR count). The first-order valence-electron chi connectivity index (χ1n) is 6.21. The highest BCUT2D eigenvalue weighted by atomic mass is 16.4. The molecule has 104 valence electrons. The number of amides is 1. The average molecular weight is 264 g/mol. The molecule has 1 aromatic carbocycles. The second kappa shape index (κ2) is 6.89. The quantitative estimate of drug-likeness (QED) is 0.778. The summed E-state index contributed by atoms with van der Waals surface area (Å²) in [6.07, 6.45) is 0. The molecule has 5 heteroatoms. The number of aliphatic carboxylic acids is 1. The molecule has 5 nitrogen and oxygen atoms in total. The van der Waals surface area contributed by atoms with E-state index in [1.165, 1.54) is 0 Å². The van der Waals surface area contributed by atoms with Crippen molar-refractivity contribution in [3.8, 4) is 0 Å². The Hall–Kier alpha value is -1.88. The first-order chi connectivity index (χ1) is 8.88. The van der Waals surface area contributed by atoms with E-state index in [4.69, 9.17) is 10.8 Å². The molecule has 0 aromatic heterocycles. The van der Waals surface area contributed by atoms with Gasteiger partial charge in [0.25, 0.3) is 0 Å². The van der Waals surface area contributed by atoms with Crippen LogP contribution in [0, 0.1) is 5.92 Å². The molecule has 0 heterocycles. The van der Waals surface area contributed by atoms with Gasteiger partial charge in [-0.25, -0.2) is 0 Å². The number of nitrogens with two attached hydrogens (primary N) is 1. The maximum atomic E-state index is 11.0. The largest absolute Gasteiger partial charge is 0.480 e. The molecule has 0 aliphatic heterocycles. The van der Waals surface area contributed by atoms with E-state index in [1.54, 1.807) is 24.3 Å². The number of carboxylic acids is 1. The molecule has 3 N–H and O–H groups in total. The minimum absolute atomic E-state index is 0.00967. The first kappa shape index (κ1) is 15.2. The van der Waals surface area contributed by atoms with Crippen molar-refractivity contribution in [1.82, 2.24) is 4.90 Å². The van der Waals surface area contributed by atoms with E-state index < -0.39 is 11.9 Å². The van der Waals surface area contributed by atoms with Crippen LogP contribution in [0.15, 0.2) is 24.3 Å². The van der Waals surface area contributed by atoms with Crippen molar-refractivity contribution in [2.24, 2.45) is 11.7 Å². The Bertz CT molecular complexity index is 441. The lowest BCUT2D eigenvalue weighted by atomic mass is 10.1. The Morgan fingerprint density at radius 3 is 2.26 bits per heavy atom. The van der Waals surface area contributed by atoms with E-state index in [-0.39, 0.29) is 6.54 Å². The lowest BCUT2D eigenvalue weighted by Gasteiger charge is -2.22. The number of hydrogen-bond acceptors (Lipinski definition) is 3. The van der Waals surface area contributed by atoms with Crippen LogP contribution in [-0.2, 0) is 11.3 Å². The normalized spacial score (nSPS) is 10.9. The molecule has 0 radical (unpaired) electrons. The molecule has 0 bridgehead atoms. The zero-order chi connectivity index (χ0) is 14.4. The van der Waals surface area contributed by atoms with Crippen molar-refractivity contribution in [3.05, 3.63) is 35.4 Å². The zero-order valence-electron chi connectivity index (χ0n) is 11.3. The average Bonchev–Trinajstić information content (AvgIpc) is 2.27.